The van der Waals surface area contributed by atoms with E-state index in [1.165, 1.54) is 25.3 Å². The van der Waals surface area contributed by atoms with E-state index in [-0.39, 0.29) is 29.4 Å². The Morgan fingerprint density at radius 3 is 2.25 bits per heavy atom. The zero-order valence-corrected chi connectivity index (χ0v) is 13.7. The van der Waals surface area contributed by atoms with Crippen molar-refractivity contribution in [3.63, 3.8) is 0 Å². The lowest BCUT2D eigenvalue weighted by Crippen LogP contribution is -2.60. The second-order valence-electron chi connectivity index (χ2n) is 7.84. The van der Waals surface area contributed by atoms with Crippen LogP contribution in [0, 0.1) is 17.8 Å². The zero-order chi connectivity index (χ0) is 16.7. The second kappa shape index (κ2) is 5.80. The summed E-state index contributed by atoms with van der Waals surface area (Å²) in [6.45, 7) is -0.133. The summed E-state index contributed by atoms with van der Waals surface area (Å²) in [5.41, 5.74) is 0.0433. The fourth-order valence-electron chi connectivity index (χ4n) is 5.51. The molecule has 128 valence electrons. The van der Waals surface area contributed by atoms with Crippen molar-refractivity contribution in [1.82, 2.24) is 5.32 Å². The van der Waals surface area contributed by atoms with Gasteiger partial charge < -0.3 is 15.2 Å². The first-order chi connectivity index (χ1) is 11.5. The Hall–Kier alpha value is -2.04. The third-order valence-electron chi connectivity index (χ3n) is 5.92. The molecule has 0 spiro atoms. The van der Waals surface area contributed by atoms with Gasteiger partial charge in [-0.05, 0) is 68.4 Å². The number of rotatable bonds is 5. The summed E-state index contributed by atoms with van der Waals surface area (Å²) in [5.74, 6) is 1.36. The van der Waals surface area contributed by atoms with Crippen LogP contribution in [0.15, 0.2) is 24.3 Å². The van der Waals surface area contributed by atoms with E-state index in [9.17, 15) is 9.59 Å². The number of carbonyl (C=O) groups excluding carboxylic acids is 1. The molecule has 2 N–H and O–H groups in total. The fourth-order valence-corrected chi connectivity index (χ4v) is 5.51. The van der Waals surface area contributed by atoms with Gasteiger partial charge in [0.05, 0.1) is 0 Å². The number of hydrogen-bond donors (Lipinski definition) is 2. The molecule has 4 aliphatic carbocycles. The van der Waals surface area contributed by atoms with Gasteiger partial charge in [0.1, 0.15) is 11.3 Å². The summed E-state index contributed by atoms with van der Waals surface area (Å²) in [5, 5.41) is 12.4. The predicted molar refractivity (Wildman–Crippen MR) is 87.9 cm³/mol. The molecule has 0 heterocycles. The molecule has 5 heteroatoms. The summed E-state index contributed by atoms with van der Waals surface area (Å²) in [6, 6.07) is 6.42. The van der Waals surface area contributed by atoms with Crippen molar-refractivity contribution < 1.29 is 19.4 Å². The zero-order valence-electron chi connectivity index (χ0n) is 13.7. The van der Waals surface area contributed by atoms with Crippen LogP contribution in [0.5, 0.6) is 5.75 Å². The van der Waals surface area contributed by atoms with Crippen molar-refractivity contribution in [2.75, 3.05) is 6.61 Å². The van der Waals surface area contributed by atoms with Crippen LogP contribution >= 0.6 is 0 Å². The standard InChI is InChI=1S/C19H23NO4/c21-17(11-24-16-4-2-1-3-15(16)18(22)23)20-19-8-12-5-13(9-19)7-14(6-12)10-19/h1-4,12-14H,5-11H2,(H,20,21)(H,22,23). The molecule has 0 saturated heterocycles. The van der Waals surface area contributed by atoms with Crippen LogP contribution < -0.4 is 10.1 Å². The van der Waals surface area contributed by atoms with Crippen LogP contribution in [0.2, 0.25) is 0 Å². The average Bonchev–Trinajstić information content (AvgIpc) is 2.51. The number of nitrogens with one attached hydrogen (secondary N) is 1. The van der Waals surface area contributed by atoms with Crippen LogP contribution in [-0.2, 0) is 4.79 Å². The van der Waals surface area contributed by atoms with E-state index in [1.807, 2.05) is 0 Å². The summed E-state index contributed by atoms with van der Waals surface area (Å²) in [4.78, 5) is 23.6. The Labute approximate surface area is 141 Å². The van der Waals surface area contributed by atoms with Crippen molar-refractivity contribution >= 4 is 11.9 Å². The van der Waals surface area contributed by atoms with Crippen molar-refractivity contribution in [2.45, 2.75) is 44.1 Å². The molecule has 5 nitrogen and oxygen atoms in total. The second-order valence-corrected chi connectivity index (χ2v) is 7.84. The highest BCUT2D eigenvalue weighted by Crippen LogP contribution is 2.55. The van der Waals surface area contributed by atoms with E-state index >= 15 is 0 Å². The van der Waals surface area contributed by atoms with E-state index in [2.05, 4.69) is 5.32 Å². The lowest BCUT2D eigenvalue weighted by molar-refractivity contribution is -0.128. The summed E-state index contributed by atoms with van der Waals surface area (Å²) >= 11 is 0. The Balaban J connectivity index is 1.39. The van der Waals surface area contributed by atoms with Gasteiger partial charge in [-0.3, -0.25) is 4.79 Å². The van der Waals surface area contributed by atoms with Gasteiger partial charge in [-0.25, -0.2) is 4.79 Å². The van der Waals surface area contributed by atoms with E-state index in [4.69, 9.17) is 9.84 Å². The molecule has 0 radical (unpaired) electrons. The Morgan fingerprint density at radius 2 is 1.67 bits per heavy atom. The van der Waals surface area contributed by atoms with Crippen molar-refractivity contribution in [3.05, 3.63) is 29.8 Å². The Kier molecular flexibility index (Phi) is 3.74. The first-order valence-electron chi connectivity index (χ1n) is 8.79. The predicted octanol–water partition coefficient (Wildman–Crippen LogP) is 2.85. The number of benzene rings is 1. The smallest absolute Gasteiger partial charge is 0.339 e. The SMILES string of the molecule is O=C(COc1ccccc1C(=O)O)NC12CC3CC(CC(C3)C1)C2. The van der Waals surface area contributed by atoms with Gasteiger partial charge in [0, 0.05) is 5.54 Å². The quantitative estimate of drug-likeness (QED) is 0.871. The highest BCUT2D eigenvalue weighted by atomic mass is 16.5. The topological polar surface area (TPSA) is 75.6 Å². The molecule has 4 saturated carbocycles. The monoisotopic (exact) mass is 329 g/mol. The minimum atomic E-state index is -1.05. The third kappa shape index (κ3) is 2.87. The Bertz CT molecular complexity index is 634. The molecule has 4 aliphatic rings. The van der Waals surface area contributed by atoms with Gasteiger partial charge >= 0.3 is 5.97 Å². The lowest BCUT2D eigenvalue weighted by Gasteiger charge is -2.56. The number of para-hydroxylation sites is 1. The molecular formula is C19H23NO4. The molecule has 0 aliphatic heterocycles. The van der Waals surface area contributed by atoms with Crippen LogP contribution in [0.4, 0.5) is 0 Å². The maximum Gasteiger partial charge on any atom is 0.339 e. The van der Waals surface area contributed by atoms with Gasteiger partial charge in [-0.1, -0.05) is 12.1 Å². The largest absolute Gasteiger partial charge is 0.483 e. The molecule has 1 aromatic carbocycles. The number of hydrogen-bond acceptors (Lipinski definition) is 3. The van der Waals surface area contributed by atoms with Gasteiger partial charge in [0.25, 0.3) is 5.91 Å². The van der Waals surface area contributed by atoms with E-state index in [0.717, 1.165) is 37.0 Å². The Morgan fingerprint density at radius 1 is 1.08 bits per heavy atom. The maximum atomic E-state index is 12.4. The number of carbonyl (C=O) groups is 2. The highest BCUT2D eigenvalue weighted by molar-refractivity contribution is 5.91. The first-order valence-corrected chi connectivity index (χ1v) is 8.79. The number of amides is 1. The molecule has 24 heavy (non-hydrogen) atoms. The average molecular weight is 329 g/mol. The molecule has 0 unspecified atom stereocenters. The molecule has 1 amide bonds. The van der Waals surface area contributed by atoms with Crippen molar-refractivity contribution in [3.8, 4) is 5.75 Å². The van der Waals surface area contributed by atoms with E-state index in [0.29, 0.717) is 0 Å². The molecule has 5 rings (SSSR count). The summed E-state index contributed by atoms with van der Waals surface area (Å²) in [6.07, 6.45) is 7.27. The van der Waals surface area contributed by atoms with Gasteiger partial charge in [-0.15, -0.1) is 0 Å². The molecular weight excluding hydrogens is 306 g/mol. The highest BCUT2D eigenvalue weighted by Gasteiger charge is 2.51. The van der Waals surface area contributed by atoms with Gasteiger partial charge in [0.2, 0.25) is 0 Å². The van der Waals surface area contributed by atoms with Crippen molar-refractivity contribution in [2.24, 2.45) is 17.8 Å². The molecule has 1 aromatic rings. The minimum absolute atomic E-state index is 0.0402. The number of carboxylic acid groups (broad SMARTS) is 1. The number of ether oxygens (including phenoxy) is 1. The first kappa shape index (κ1) is 15.5. The maximum absolute atomic E-state index is 12.4. The van der Waals surface area contributed by atoms with Crippen LogP contribution in [0.1, 0.15) is 48.9 Å². The normalized spacial score (nSPS) is 33.2. The third-order valence-corrected chi connectivity index (χ3v) is 5.92. The molecule has 0 aromatic heterocycles. The molecule has 0 atom stereocenters. The summed E-state index contributed by atoms with van der Waals surface area (Å²) < 4.78 is 5.48. The summed E-state index contributed by atoms with van der Waals surface area (Å²) in [7, 11) is 0. The van der Waals surface area contributed by atoms with Crippen LogP contribution in [0.25, 0.3) is 0 Å². The van der Waals surface area contributed by atoms with E-state index in [1.54, 1.807) is 18.2 Å². The van der Waals surface area contributed by atoms with Crippen LogP contribution in [-0.4, -0.2) is 29.1 Å². The van der Waals surface area contributed by atoms with Crippen LogP contribution in [0.3, 0.4) is 0 Å². The number of carboxylic acids is 1. The molecule has 4 bridgehead atoms. The van der Waals surface area contributed by atoms with Crippen molar-refractivity contribution in [1.29, 1.82) is 0 Å². The lowest BCUT2D eigenvalue weighted by atomic mass is 9.53. The van der Waals surface area contributed by atoms with Gasteiger partial charge in [-0.2, -0.15) is 0 Å². The fraction of sp³-hybridized carbons (Fsp3) is 0.579. The molecule has 4 fully saturated rings. The van der Waals surface area contributed by atoms with E-state index < -0.39 is 5.97 Å². The minimum Gasteiger partial charge on any atom is -0.483 e. The van der Waals surface area contributed by atoms with Gasteiger partial charge in [0.15, 0.2) is 6.61 Å². The number of aromatic carboxylic acids is 1.